The van der Waals surface area contributed by atoms with Crippen LogP contribution in [0.3, 0.4) is 0 Å². The van der Waals surface area contributed by atoms with E-state index in [0.29, 0.717) is 23.7 Å². The van der Waals surface area contributed by atoms with Crippen molar-refractivity contribution >= 4 is 24.7 Å². The Labute approximate surface area is 314 Å². The average Bonchev–Trinajstić information content (AvgIpc) is 3.09. The molecule has 1 atom stereocenters. The molecule has 1 aliphatic carbocycles. The second-order valence-corrected chi connectivity index (χ2v) is 19.0. The van der Waals surface area contributed by atoms with E-state index in [2.05, 4.69) is 165 Å². The van der Waals surface area contributed by atoms with E-state index in [1.54, 1.807) is 21.5 Å². The van der Waals surface area contributed by atoms with E-state index in [1.165, 1.54) is 56.1 Å². The van der Waals surface area contributed by atoms with Crippen LogP contribution in [0.4, 0.5) is 0 Å². The molecule has 0 nitrogen and oxygen atoms in total. The summed E-state index contributed by atoms with van der Waals surface area (Å²) < 4.78 is -0.0110. The van der Waals surface area contributed by atoms with Crippen LogP contribution in [0.15, 0.2) is 71.3 Å². The zero-order valence-corrected chi connectivity index (χ0v) is 35.4. The van der Waals surface area contributed by atoms with E-state index in [1.807, 2.05) is 0 Å². The van der Waals surface area contributed by atoms with Crippen LogP contribution in [-0.2, 0) is 20.4 Å². The van der Waals surface area contributed by atoms with Gasteiger partial charge in [0.1, 0.15) is 0 Å². The second kappa shape index (κ2) is 17.0. The van der Waals surface area contributed by atoms with Crippen LogP contribution in [0.2, 0.25) is 9.76 Å². The maximum Gasteiger partial charge on any atom is -1.00 e. The monoisotopic (exact) mass is 728 g/mol. The topological polar surface area (TPSA) is 0 Å². The van der Waals surface area contributed by atoms with Crippen LogP contribution >= 0.6 is 0 Å². The van der Waals surface area contributed by atoms with E-state index >= 15 is 0 Å². The Hall–Kier alpha value is -1.06. The molecule has 0 bridgehead atoms. The van der Waals surface area contributed by atoms with Crippen molar-refractivity contribution in [2.45, 2.75) is 123 Å². The maximum absolute atomic E-state index is 2.60. The number of benzene rings is 3. The van der Waals surface area contributed by atoms with Crippen molar-refractivity contribution in [1.82, 2.24) is 0 Å². The van der Waals surface area contributed by atoms with E-state index in [-0.39, 0.29) is 40.9 Å². The standard InChI is InChI=1S/C41H55Si.3ClH.Ti/c1-24(2)33-17-34(25(3)4)20-38(19-33)42(39-21-35(26(5)6)18-36(22-39)27(7)8)23-40-31(12)30(11)32(13)41(40)37-15-28(9)14-29(10)16-37;;;;/h14-22,24-27,42H,23H2,1-13H3;3*1H;/q;;;;+3/p-3. The molecule has 0 radical (unpaired) electrons. The van der Waals surface area contributed by atoms with Crippen molar-refractivity contribution in [1.29, 1.82) is 0 Å². The minimum atomic E-state index is -1.70. The molecule has 1 aliphatic rings. The third-order valence-corrected chi connectivity index (χ3v) is 15.3. The summed E-state index contributed by atoms with van der Waals surface area (Å²) in [6.45, 7) is 30.5. The molecule has 0 N–H and O–H groups in total. The molecule has 0 spiro atoms. The normalized spacial score (nSPS) is 16.5. The van der Waals surface area contributed by atoms with Gasteiger partial charge in [-0.1, -0.05) is 0 Å². The van der Waals surface area contributed by atoms with Crippen LogP contribution in [-0.4, -0.2) is 8.80 Å². The largest absolute Gasteiger partial charge is 1.00 e. The fraction of sp³-hybridized carbons (Fsp3) is 0.463. The number of rotatable bonds is 9. The molecule has 0 aliphatic heterocycles. The number of halogens is 3. The molecule has 3 aromatic carbocycles. The first-order valence-corrected chi connectivity index (χ1v) is 19.3. The van der Waals surface area contributed by atoms with Crippen LogP contribution in [0.5, 0.6) is 0 Å². The van der Waals surface area contributed by atoms with Crippen molar-refractivity contribution in [2.24, 2.45) is 0 Å². The summed E-state index contributed by atoms with van der Waals surface area (Å²) in [7, 11) is -1.70. The van der Waals surface area contributed by atoms with Gasteiger partial charge >= 0.3 is 279 Å². The van der Waals surface area contributed by atoms with Crippen LogP contribution in [0, 0.1) is 13.8 Å². The molecule has 0 heterocycles. The first-order valence-electron chi connectivity index (χ1n) is 16.6. The van der Waals surface area contributed by atoms with Gasteiger partial charge in [0.25, 0.3) is 0 Å². The summed E-state index contributed by atoms with van der Waals surface area (Å²) in [6, 6.07) is 23.7. The van der Waals surface area contributed by atoms with E-state index in [4.69, 9.17) is 0 Å². The SMILES string of the molecule is CC1=C(C)[C]([Ti+3])(C[SiH](c2cc(C(C)C)cc(C(C)C)c2)c2cc(C(C)C)cc(C(C)C)c2)C(c2cc(C)cc(C)c2)=C1C.[Cl-].[Cl-].[Cl-]. The molecular weight excluding hydrogens is 675 g/mol. The quantitative estimate of drug-likeness (QED) is 0.295. The van der Waals surface area contributed by atoms with Gasteiger partial charge in [0.05, 0.1) is 0 Å². The van der Waals surface area contributed by atoms with Gasteiger partial charge in [-0.15, -0.1) is 0 Å². The molecule has 0 saturated heterocycles. The molecule has 5 heteroatoms. The van der Waals surface area contributed by atoms with Crippen LogP contribution < -0.4 is 47.6 Å². The Morgan fingerprint density at radius 3 is 1.20 bits per heavy atom. The molecule has 1 unspecified atom stereocenters. The summed E-state index contributed by atoms with van der Waals surface area (Å²) in [5.74, 6) is 2.05. The van der Waals surface area contributed by atoms with Gasteiger partial charge in [-0.2, -0.15) is 0 Å². The first-order chi connectivity index (χ1) is 20.0. The van der Waals surface area contributed by atoms with E-state index in [9.17, 15) is 0 Å². The second-order valence-electron chi connectivity index (χ2n) is 14.8. The van der Waals surface area contributed by atoms with Gasteiger partial charge in [-0.25, -0.2) is 0 Å². The van der Waals surface area contributed by atoms with E-state index < -0.39 is 8.80 Å². The Kier molecular flexibility index (Phi) is 15.9. The number of hydrogen-bond acceptors (Lipinski definition) is 0. The fourth-order valence-corrected chi connectivity index (χ4v) is 12.3. The van der Waals surface area contributed by atoms with Crippen LogP contribution in [0.25, 0.3) is 5.57 Å². The van der Waals surface area contributed by atoms with Crippen molar-refractivity contribution in [3.05, 3.63) is 110 Å². The summed E-state index contributed by atoms with van der Waals surface area (Å²) >= 11 is 2.57. The third kappa shape index (κ3) is 8.94. The molecule has 0 saturated carbocycles. The van der Waals surface area contributed by atoms with Crippen LogP contribution in [0.1, 0.15) is 139 Å². The summed E-state index contributed by atoms with van der Waals surface area (Å²) in [5.41, 5.74) is 16.2. The minimum absolute atomic E-state index is 0. The molecule has 4 rings (SSSR count). The smallest absolute Gasteiger partial charge is 1.00 e. The summed E-state index contributed by atoms with van der Waals surface area (Å²) in [5, 5.41) is 3.23. The maximum atomic E-state index is 2.60. The van der Waals surface area contributed by atoms with Gasteiger partial charge < -0.3 is 37.2 Å². The Morgan fingerprint density at radius 1 is 0.522 bits per heavy atom. The van der Waals surface area contributed by atoms with Gasteiger partial charge in [0, 0.05) is 0 Å². The molecular formula is C41H55Cl3SiTi. The van der Waals surface area contributed by atoms with Crippen molar-refractivity contribution < 1.29 is 57.7 Å². The molecule has 0 aromatic heterocycles. The molecule has 0 fully saturated rings. The van der Waals surface area contributed by atoms with Crippen molar-refractivity contribution in [2.75, 3.05) is 0 Å². The van der Waals surface area contributed by atoms with Crippen molar-refractivity contribution in [3.63, 3.8) is 0 Å². The zero-order chi connectivity index (χ0) is 32.0. The third-order valence-electron chi connectivity index (χ3n) is 10.1. The Bertz CT molecular complexity index is 1440. The van der Waals surface area contributed by atoms with Gasteiger partial charge in [-0.3, -0.25) is 0 Å². The zero-order valence-electron chi connectivity index (χ0n) is 30.4. The molecule has 0 amide bonds. The molecule has 248 valence electrons. The predicted molar refractivity (Wildman–Crippen MR) is 190 cm³/mol. The molecule has 3 aromatic rings. The summed E-state index contributed by atoms with van der Waals surface area (Å²) in [4.78, 5) is 0. The number of hydrogen-bond donors (Lipinski definition) is 0. The fourth-order valence-electron chi connectivity index (χ4n) is 7.01. The minimum Gasteiger partial charge on any atom is -1.00 e. The Morgan fingerprint density at radius 2 is 0.870 bits per heavy atom. The summed E-state index contributed by atoms with van der Waals surface area (Å²) in [6.07, 6.45) is 0. The van der Waals surface area contributed by atoms with Crippen molar-refractivity contribution in [3.8, 4) is 0 Å². The first kappa shape index (κ1) is 43.0. The average molecular weight is 730 g/mol. The van der Waals surface area contributed by atoms with E-state index in [0.717, 1.165) is 0 Å². The number of aryl methyl sites for hydroxylation is 2. The van der Waals surface area contributed by atoms with Gasteiger partial charge in [0.2, 0.25) is 0 Å². The van der Waals surface area contributed by atoms with Gasteiger partial charge in [0.15, 0.2) is 0 Å². The van der Waals surface area contributed by atoms with Gasteiger partial charge in [-0.05, 0) is 0 Å². The Balaban J connectivity index is 0.00000353. The predicted octanol–water partition coefficient (Wildman–Crippen LogP) is 1.68. The number of allylic oxidation sites excluding steroid dienone is 4. The molecule has 46 heavy (non-hydrogen) atoms.